The molecule has 0 bridgehead atoms. The molecule has 0 saturated carbocycles. The first-order valence-electron chi connectivity index (χ1n) is 7.92. The summed E-state index contributed by atoms with van der Waals surface area (Å²) in [6, 6.07) is 12.8. The molecular formula is C19H14N2O4S2. The highest BCUT2D eigenvalue weighted by Crippen LogP contribution is 2.39. The molecule has 0 radical (unpaired) electrons. The van der Waals surface area contributed by atoms with Crippen LogP contribution in [0.5, 0.6) is 0 Å². The van der Waals surface area contributed by atoms with Crippen molar-refractivity contribution in [1.29, 1.82) is 0 Å². The van der Waals surface area contributed by atoms with E-state index in [2.05, 4.69) is 0 Å². The molecular weight excluding hydrogens is 384 g/mol. The van der Waals surface area contributed by atoms with Crippen molar-refractivity contribution >= 4 is 56.9 Å². The van der Waals surface area contributed by atoms with Crippen molar-refractivity contribution in [3.05, 3.63) is 74.7 Å². The largest absolute Gasteiger partial charge is 0.295 e. The second-order valence-corrected chi connectivity index (χ2v) is 7.52. The molecule has 0 aromatic heterocycles. The van der Waals surface area contributed by atoms with E-state index in [0.717, 1.165) is 0 Å². The van der Waals surface area contributed by atoms with Gasteiger partial charge in [-0.1, -0.05) is 36.1 Å². The number of benzene rings is 2. The molecule has 2 aromatic rings. The third-order valence-electron chi connectivity index (χ3n) is 4.13. The van der Waals surface area contributed by atoms with Crippen LogP contribution in [-0.2, 0) is 4.79 Å². The maximum atomic E-state index is 13.0. The van der Waals surface area contributed by atoms with Gasteiger partial charge in [0, 0.05) is 17.7 Å². The topological polar surface area (TPSA) is 80.5 Å². The number of nitrogens with zero attached hydrogens (tertiary/aromatic N) is 2. The van der Waals surface area contributed by atoms with E-state index in [-0.39, 0.29) is 17.4 Å². The van der Waals surface area contributed by atoms with Crippen LogP contribution in [0, 0.1) is 10.1 Å². The van der Waals surface area contributed by atoms with Crippen LogP contribution in [0.3, 0.4) is 0 Å². The second kappa shape index (κ2) is 7.42. The number of nitro benzene ring substituents is 1. The van der Waals surface area contributed by atoms with Crippen LogP contribution in [0.2, 0.25) is 0 Å². The van der Waals surface area contributed by atoms with Crippen LogP contribution in [0.25, 0.3) is 5.57 Å². The van der Waals surface area contributed by atoms with Crippen molar-refractivity contribution in [3.8, 4) is 0 Å². The molecule has 0 aliphatic carbocycles. The summed E-state index contributed by atoms with van der Waals surface area (Å²) in [7, 11) is 0. The van der Waals surface area contributed by atoms with Gasteiger partial charge in [-0.25, -0.2) is 0 Å². The normalized spacial score (nSPS) is 15.9. The summed E-state index contributed by atoms with van der Waals surface area (Å²) < 4.78 is 0.372. The Morgan fingerprint density at radius 3 is 2.37 bits per heavy atom. The average Bonchev–Trinajstić information content (AvgIpc) is 2.95. The van der Waals surface area contributed by atoms with Gasteiger partial charge >= 0.3 is 0 Å². The fourth-order valence-electron chi connectivity index (χ4n) is 2.65. The van der Waals surface area contributed by atoms with E-state index in [0.29, 0.717) is 31.6 Å². The lowest BCUT2D eigenvalue weighted by molar-refractivity contribution is -0.384. The number of non-ortho nitro benzene ring substituents is 1. The average molecular weight is 398 g/mol. The van der Waals surface area contributed by atoms with Crippen molar-refractivity contribution in [2.45, 2.75) is 13.8 Å². The molecule has 1 saturated heterocycles. The van der Waals surface area contributed by atoms with Gasteiger partial charge in [-0.15, -0.1) is 0 Å². The zero-order chi connectivity index (χ0) is 19.7. The molecule has 0 spiro atoms. The number of anilines is 1. The number of ketones is 1. The first-order chi connectivity index (χ1) is 12.8. The monoisotopic (exact) mass is 398 g/mol. The number of carbonyl (C=O) groups excluding carboxylic acids is 2. The molecule has 1 heterocycles. The van der Waals surface area contributed by atoms with E-state index in [4.69, 9.17) is 12.2 Å². The third-order valence-corrected chi connectivity index (χ3v) is 5.61. The Balaban J connectivity index is 1.97. The summed E-state index contributed by atoms with van der Waals surface area (Å²) >= 11 is 6.54. The number of hydrogen-bond donors (Lipinski definition) is 0. The minimum Gasteiger partial charge on any atom is -0.295 e. The molecule has 1 amide bonds. The molecule has 1 aliphatic heterocycles. The highest BCUT2D eigenvalue weighted by atomic mass is 32.2. The van der Waals surface area contributed by atoms with Crippen LogP contribution in [0.1, 0.15) is 29.8 Å². The van der Waals surface area contributed by atoms with Gasteiger partial charge in [0.2, 0.25) is 0 Å². The lowest BCUT2D eigenvalue weighted by Gasteiger charge is -2.15. The van der Waals surface area contributed by atoms with Crippen molar-refractivity contribution in [1.82, 2.24) is 0 Å². The summed E-state index contributed by atoms with van der Waals surface area (Å²) in [5.41, 5.74) is 2.42. The predicted molar refractivity (Wildman–Crippen MR) is 110 cm³/mol. The number of thioether (sulfide) groups is 1. The van der Waals surface area contributed by atoms with Crippen molar-refractivity contribution in [2.75, 3.05) is 4.90 Å². The van der Waals surface area contributed by atoms with Gasteiger partial charge in [-0.2, -0.15) is 0 Å². The van der Waals surface area contributed by atoms with Crippen molar-refractivity contribution in [2.24, 2.45) is 0 Å². The molecule has 0 N–H and O–H groups in total. The van der Waals surface area contributed by atoms with Gasteiger partial charge in [0.05, 0.1) is 15.5 Å². The standard InChI is InChI=1S/C19H14N2O4S2/c1-11(13-6-8-15(9-7-13)21(24)25)17-18(23)20(19(26)27-17)16-5-3-4-14(10-16)12(2)22/h3-10H,1-2H3/b17-11-. The number of hydrogen-bond acceptors (Lipinski definition) is 6. The van der Waals surface area contributed by atoms with E-state index in [9.17, 15) is 19.7 Å². The minimum atomic E-state index is -0.472. The van der Waals surface area contributed by atoms with Gasteiger partial charge < -0.3 is 0 Å². The maximum absolute atomic E-state index is 13.0. The minimum absolute atomic E-state index is 0.0138. The molecule has 6 nitrogen and oxygen atoms in total. The number of nitro groups is 1. The summed E-state index contributed by atoms with van der Waals surface area (Å²) in [4.78, 5) is 36.7. The zero-order valence-electron chi connectivity index (χ0n) is 14.5. The highest BCUT2D eigenvalue weighted by molar-refractivity contribution is 8.27. The van der Waals surface area contributed by atoms with Crippen LogP contribution < -0.4 is 4.90 Å². The number of amides is 1. The lowest BCUT2D eigenvalue weighted by Crippen LogP contribution is -2.27. The van der Waals surface area contributed by atoms with Crippen LogP contribution >= 0.6 is 24.0 Å². The summed E-state index contributed by atoms with van der Waals surface area (Å²) in [6.07, 6.45) is 0. The Morgan fingerprint density at radius 2 is 1.78 bits per heavy atom. The van der Waals surface area contributed by atoms with Crippen molar-refractivity contribution < 1.29 is 14.5 Å². The van der Waals surface area contributed by atoms with Crippen LogP contribution in [-0.4, -0.2) is 20.9 Å². The fraction of sp³-hybridized carbons (Fsp3) is 0.105. The third kappa shape index (κ3) is 3.67. The van der Waals surface area contributed by atoms with Gasteiger partial charge in [0.15, 0.2) is 10.1 Å². The van der Waals surface area contributed by atoms with Gasteiger partial charge in [-0.3, -0.25) is 24.6 Å². The molecule has 3 rings (SSSR count). The van der Waals surface area contributed by atoms with E-state index < -0.39 is 4.92 Å². The van der Waals surface area contributed by atoms with Crippen LogP contribution in [0.4, 0.5) is 11.4 Å². The Morgan fingerprint density at radius 1 is 1.11 bits per heavy atom. The molecule has 1 aliphatic rings. The quantitative estimate of drug-likeness (QED) is 0.246. The number of Topliss-reactive ketones (excluding diaryl/α,β-unsaturated/α-hetero) is 1. The molecule has 8 heteroatoms. The van der Waals surface area contributed by atoms with E-state index in [1.54, 1.807) is 43.3 Å². The summed E-state index contributed by atoms with van der Waals surface area (Å²) in [5, 5.41) is 10.8. The SMILES string of the molecule is CC(=O)c1cccc(N2C(=O)/C(=C(\C)c3ccc([N+](=O)[O-])cc3)SC2=S)c1. The predicted octanol–water partition coefficient (Wildman–Crippen LogP) is 4.59. The molecule has 2 aromatic carbocycles. The maximum Gasteiger partial charge on any atom is 0.271 e. The van der Waals surface area contributed by atoms with Crippen LogP contribution in [0.15, 0.2) is 53.4 Å². The Bertz CT molecular complexity index is 1010. The Labute approximate surface area is 165 Å². The summed E-state index contributed by atoms with van der Waals surface area (Å²) in [5.74, 6) is -0.374. The first kappa shape index (κ1) is 18.9. The number of carbonyl (C=O) groups is 2. The first-order valence-corrected chi connectivity index (χ1v) is 9.15. The number of thiocarbonyl (C=S) groups is 1. The highest BCUT2D eigenvalue weighted by Gasteiger charge is 2.35. The lowest BCUT2D eigenvalue weighted by atomic mass is 10.1. The molecule has 0 atom stereocenters. The van der Waals surface area contributed by atoms with Crippen molar-refractivity contribution in [3.63, 3.8) is 0 Å². The van der Waals surface area contributed by atoms with E-state index >= 15 is 0 Å². The molecule has 136 valence electrons. The Hall–Kier alpha value is -2.84. The van der Waals surface area contributed by atoms with Gasteiger partial charge in [0.1, 0.15) is 0 Å². The smallest absolute Gasteiger partial charge is 0.271 e. The van der Waals surface area contributed by atoms with E-state index in [1.807, 2.05) is 0 Å². The molecule has 1 fully saturated rings. The number of allylic oxidation sites excluding steroid dienone is 1. The molecule has 27 heavy (non-hydrogen) atoms. The molecule has 0 unspecified atom stereocenters. The second-order valence-electron chi connectivity index (χ2n) is 5.87. The van der Waals surface area contributed by atoms with E-state index in [1.165, 1.54) is 35.7 Å². The number of rotatable bonds is 4. The van der Waals surface area contributed by atoms with Gasteiger partial charge in [-0.05, 0) is 49.2 Å². The van der Waals surface area contributed by atoms with Gasteiger partial charge in [0.25, 0.3) is 11.6 Å². The Kier molecular flexibility index (Phi) is 5.20. The summed E-state index contributed by atoms with van der Waals surface area (Å²) in [6.45, 7) is 3.24. The zero-order valence-corrected chi connectivity index (χ0v) is 16.1. The fourth-order valence-corrected chi connectivity index (χ4v) is 3.99.